The molecule has 6 rings (SSSR count). The van der Waals surface area contributed by atoms with Gasteiger partial charge in [0.15, 0.2) is 17.2 Å². The Morgan fingerprint density at radius 1 is 1.15 bits per heavy atom. The van der Waals surface area contributed by atoms with Crippen LogP contribution in [0.25, 0.3) is 22.3 Å². The second-order valence-corrected chi connectivity index (χ2v) is 12.6. The molecule has 0 bridgehead atoms. The van der Waals surface area contributed by atoms with Crippen molar-refractivity contribution in [1.29, 1.82) is 5.26 Å². The van der Waals surface area contributed by atoms with Gasteiger partial charge >= 0.3 is 0 Å². The molecule has 2 fully saturated rings. The van der Waals surface area contributed by atoms with Gasteiger partial charge in [-0.25, -0.2) is 23.4 Å². The fraction of sp³-hybridized carbons (Fsp3) is 0.382. The number of ether oxygens (including phenoxy) is 1. The Balaban J connectivity index is 1.29. The third-order valence-electron chi connectivity index (χ3n) is 8.95. The lowest BCUT2D eigenvalue weighted by Gasteiger charge is -2.30. The topological polar surface area (TPSA) is 126 Å². The molecule has 3 heterocycles. The van der Waals surface area contributed by atoms with Gasteiger partial charge in [0.25, 0.3) is 5.91 Å². The highest BCUT2D eigenvalue weighted by molar-refractivity contribution is 5.99. The number of nitrogens with zero attached hydrogens (tertiary/aromatic N) is 7. The Morgan fingerprint density at radius 3 is 2.66 bits per heavy atom. The normalized spacial score (nSPS) is 17.9. The van der Waals surface area contributed by atoms with E-state index in [1.807, 2.05) is 20.2 Å². The van der Waals surface area contributed by atoms with Crippen molar-refractivity contribution in [1.82, 2.24) is 29.5 Å². The molecule has 1 aliphatic carbocycles. The molecule has 1 saturated heterocycles. The van der Waals surface area contributed by atoms with Crippen LogP contribution in [0.4, 0.5) is 19.0 Å². The minimum Gasteiger partial charge on any atom is -0.454 e. The lowest BCUT2D eigenvalue weighted by molar-refractivity contribution is -0.127. The van der Waals surface area contributed by atoms with E-state index < -0.39 is 17.5 Å². The number of anilines is 1. The summed E-state index contributed by atoms with van der Waals surface area (Å²) in [5.74, 6) is -3.65. The molecule has 1 amide bonds. The maximum absolute atomic E-state index is 15.6. The molecule has 2 N–H and O–H groups in total. The number of rotatable bonds is 9. The zero-order chi connectivity index (χ0) is 33.3. The third kappa shape index (κ3) is 6.38. The van der Waals surface area contributed by atoms with E-state index >= 15 is 4.39 Å². The monoisotopic (exact) mass is 644 g/mol. The van der Waals surface area contributed by atoms with E-state index in [-0.39, 0.29) is 58.1 Å². The van der Waals surface area contributed by atoms with Crippen LogP contribution in [0.1, 0.15) is 38.5 Å². The molecular formula is C34H35F3N8O2. The fourth-order valence-corrected chi connectivity index (χ4v) is 6.94. The number of amides is 1. The van der Waals surface area contributed by atoms with E-state index in [2.05, 4.69) is 20.9 Å². The highest BCUT2D eigenvalue weighted by atomic mass is 19.2. The summed E-state index contributed by atoms with van der Waals surface area (Å²) in [5.41, 5.74) is 6.80. The van der Waals surface area contributed by atoms with Crippen molar-refractivity contribution in [3.05, 3.63) is 71.8 Å². The number of nitrogen functional groups attached to an aromatic ring is 1. The molecule has 0 spiro atoms. The first-order chi connectivity index (χ1) is 22.6. The first-order valence-corrected chi connectivity index (χ1v) is 15.6. The lowest BCUT2D eigenvalue weighted by atomic mass is 9.83. The summed E-state index contributed by atoms with van der Waals surface area (Å²) in [6.07, 6.45) is 8.61. The predicted octanol–water partition coefficient (Wildman–Crippen LogP) is 5.85. The van der Waals surface area contributed by atoms with E-state index in [9.17, 15) is 18.8 Å². The molecular weight excluding hydrogens is 609 g/mol. The molecule has 10 nitrogen and oxygen atoms in total. The zero-order valence-corrected chi connectivity index (χ0v) is 26.2. The Hall–Kier alpha value is -4.96. The minimum absolute atomic E-state index is 0.0462. The number of nitriles is 1. The van der Waals surface area contributed by atoms with Crippen molar-refractivity contribution in [2.75, 3.05) is 32.9 Å². The highest BCUT2D eigenvalue weighted by Crippen LogP contribution is 2.41. The van der Waals surface area contributed by atoms with E-state index in [1.165, 1.54) is 30.6 Å². The molecule has 2 aliphatic rings. The third-order valence-corrected chi connectivity index (χ3v) is 8.95. The Bertz CT molecular complexity index is 1890. The number of likely N-dealkylation sites (tertiary alicyclic amines) is 1. The Morgan fingerprint density at radius 2 is 1.94 bits per heavy atom. The first-order valence-electron chi connectivity index (χ1n) is 15.6. The van der Waals surface area contributed by atoms with Crippen molar-refractivity contribution in [3.8, 4) is 28.8 Å². The van der Waals surface area contributed by atoms with Gasteiger partial charge in [0.1, 0.15) is 41.0 Å². The van der Waals surface area contributed by atoms with E-state index in [1.54, 1.807) is 9.58 Å². The zero-order valence-electron chi connectivity index (χ0n) is 26.2. The summed E-state index contributed by atoms with van der Waals surface area (Å²) in [7, 11) is 4.00. The molecule has 2 aromatic carbocycles. The standard InChI is InChI=1S/C34H35F3N8O2/c1-43(2)19-34(12-3-4-13-34)16-21(17-38)33(46)44-14-6-7-22(44)18-45-32-28(31(39)40-20-41-32)30(42-45)24-11-10-23(15-26(24)36)47-27-9-5-8-25(35)29(27)37/h5,8-11,15-16,20,22H,3-4,6-7,12-14,18-19H2,1-2H3,(H2,39,40,41). The fourth-order valence-electron chi connectivity index (χ4n) is 6.94. The predicted molar refractivity (Wildman–Crippen MR) is 169 cm³/mol. The van der Waals surface area contributed by atoms with Crippen LogP contribution in [-0.4, -0.2) is 68.7 Å². The number of aromatic nitrogens is 4. The Labute approximate surface area is 270 Å². The number of hydrogen-bond acceptors (Lipinski definition) is 8. The first kappa shape index (κ1) is 32.0. The van der Waals surface area contributed by atoms with Gasteiger partial charge in [-0.15, -0.1) is 0 Å². The SMILES string of the molecule is CN(C)CC1(C=C(C#N)C(=O)N2CCCC2Cn2nc(-c3ccc(Oc4cccc(F)c4F)cc3F)c3c(N)ncnc32)CCCC1. The summed E-state index contributed by atoms with van der Waals surface area (Å²) in [6.45, 7) is 1.50. The summed E-state index contributed by atoms with van der Waals surface area (Å²) in [6, 6.07) is 9.23. The van der Waals surface area contributed by atoms with Crippen molar-refractivity contribution >= 4 is 22.8 Å². The highest BCUT2D eigenvalue weighted by Gasteiger charge is 2.37. The number of benzene rings is 2. The van der Waals surface area contributed by atoms with E-state index in [0.717, 1.165) is 50.8 Å². The van der Waals surface area contributed by atoms with Gasteiger partial charge < -0.3 is 20.3 Å². The molecule has 2 aromatic heterocycles. The molecule has 1 saturated carbocycles. The van der Waals surface area contributed by atoms with Gasteiger partial charge in [0, 0.05) is 30.1 Å². The van der Waals surface area contributed by atoms with Crippen molar-refractivity contribution in [3.63, 3.8) is 0 Å². The van der Waals surface area contributed by atoms with Crippen LogP contribution in [0.2, 0.25) is 0 Å². The lowest BCUT2D eigenvalue weighted by Crippen LogP contribution is -2.39. The van der Waals surface area contributed by atoms with Gasteiger partial charge in [-0.3, -0.25) is 4.79 Å². The number of fused-ring (bicyclic) bond motifs is 1. The second kappa shape index (κ2) is 13.0. The van der Waals surface area contributed by atoms with Crippen LogP contribution in [0.5, 0.6) is 11.5 Å². The number of nitrogens with two attached hydrogens (primary N) is 1. The van der Waals surface area contributed by atoms with Gasteiger partial charge in [-0.2, -0.15) is 14.8 Å². The van der Waals surface area contributed by atoms with Gasteiger partial charge in [0.2, 0.25) is 5.82 Å². The van der Waals surface area contributed by atoms with Crippen LogP contribution >= 0.6 is 0 Å². The largest absolute Gasteiger partial charge is 0.454 e. The van der Waals surface area contributed by atoms with Gasteiger partial charge in [-0.05, 0) is 64.0 Å². The van der Waals surface area contributed by atoms with Crippen molar-refractivity contribution < 1.29 is 22.7 Å². The number of halogens is 3. The second-order valence-electron chi connectivity index (χ2n) is 12.6. The quantitative estimate of drug-likeness (QED) is 0.178. The van der Waals surface area contributed by atoms with Gasteiger partial charge in [0.05, 0.1) is 18.0 Å². The number of hydrogen-bond donors (Lipinski definition) is 1. The van der Waals surface area contributed by atoms with Crippen LogP contribution in [0.15, 0.2) is 54.4 Å². The summed E-state index contributed by atoms with van der Waals surface area (Å²) in [5, 5.41) is 15.1. The van der Waals surface area contributed by atoms with Crippen molar-refractivity contribution in [2.45, 2.75) is 51.1 Å². The molecule has 13 heteroatoms. The van der Waals surface area contributed by atoms with Crippen LogP contribution in [0.3, 0.4) is 0 Å². The maximum atomic E-state index is 15.6. The van der Waals surface area contributed by atoms with Crippen LogP contribution in [-0.2, 0) is 11.3 Å². The van der Waals surface area contributed by atoms with Gasteiger partial charge in [-0.1, -0.05) is 25.0 Å². The van der Waals surface area contributed by atoms with Crippen LogP contribution in [0, 0.1) is 34.2 Å². The molecule has 4 aromatic rings. The average molecular weight is 645 g/mol. The summed E-state index contributed by atoms with van der Waals surface area (Å²) in [4.78, 5) is 26.1. The van der Waals surface area contributed by atoms with Crippen molar-refractivity contribution in [2.24, 2.45) is 5.41 Å². The molecule has 244 valence electrons. The molecule has 1 atom stereocenters. The molecule has 0 radical (unpaired) electrons. The number of carbonyl (C=O) groups is 1. The van der Waals surface area contributed by atoms with Crippen LogP contribution < -0.4 is 10.5 Å². The summed E-state index contributed by atoms with van der Waals surface area (Å²) < 4.78 is 50.4. The summed E-state index contributed by atoms with van der Waals surface area (Å²) >= 11 is 0. The maximum Gasteiger partial charge on any atom is 0.264 e. The molecule has 1 aliphatic heterocycles. The minimum atomic E-state index is -1.19. The Kier molecular flexibility index (Phi) is 8.88. The smallest absolute Gasteiger partial charge is 0.264 e. The molecule has 1 unspecified atom stereocenters. The number of carbonyl (C=O) groups excluding carboxylic acids is 1. The average Bonchev–Trinajstić information content (AvgIpc) is 3.78. The molecule has 47 heavy (non-hydrogen) atoms. The van der Waals surface area contributed by atoms with E-state index in [4.69, 9.17) is 15.6 Å². The van der Waals surface area contributed by atoms with E-state index in [0.29, 0.717) is 24.0 Å².